The van der Waals surface area contributed by atoms with Crippen molar-refractivity contribution in [3.63, 3.8) is 0 Å². The van der Waals surface area contributed by atoms with Crippen LogP contribution in [0, 0.1) is 0 Å². The zero-order chi connectivity index (χ0) is 15.4. The van der Waals surface area contributed by atoms with Crippen molar-refractivity contribution < 1.29 is 14.6 Å². The summed E-state index contributed by atoms with van der Waals surface area (Å²) in [5.41, 5.74) is 6.35. The highest BCUT2D eigenvalue weighted by atomic mass is 16.5. The van der Waals surface area contributed by atoms with Crippen molar-refractivity contribution in [2.24, 2.45) is 0 Å². The Kier molecular flexibility index (Phi) is 4.39. The van der Waals surface area contributed by atoms with E-state index in [0.29, 0.717) is 23.0 Å². The van der Waals surface area contributed by atoms with Gasteiger partial charge in [0.2, 0.25) is 11.9 Å². The molecule has 0 spiro atoms. The normalized spacial score (nSPS) is 10.3. The summed E-state index contributed by atoms with van der Waals surface area (Å²) in [7, 11) is 5.08. The van der Waals surface area contributed by atoms with Crippen molar-refractivity contribution in [1.29, 1.82) is 0 Å². The summed E-state index contributed by atoms with van der Waals surface area (Å²) in [6.07, 6.45) is 0. The lowest BCUT2D eigenvalue weighted by molar-refractivity contribution is 0.280. The molecule has 0 atom stereocenters. The van der Waals surface area contributed by atoms with E-state index in [0.717, 1.165) is 0 Å². The van der Waals surface area contributed by atoms with E-state index < -0.39 is 0 Å². The van der Waals surface area contributed by atoms with Crippen LogP contribution in [0.5, 0.6) is 17.5 Å². The van der Waals surface area contributed by atoms with Crippen LogP contribution in [-0.4, -0.2) is 41.3 Å². The molecule has 21 heavy (non-hydrogen) atoms. The molecule has 1 heterocycles. The molecule has 1 aromatic carbocycles. The molecule has 3 N–H and O–H groups in total. The van der Waals surface area contributed by atoms with Gasteiger partial charge in [0.1, 0.15) is 0 Å². The Balaban J connectivity index is 2.33. The van der Waals surface area contributed by atoms with Gasteiger partial charge in [-0.15, -0.1) is 0 Å². The van der Waals surface area contributed by atoms with Crippen LogP contribution in [0.4, 0.5) is 11.9 Å². The number of methoxy groups -OCH3 is 1. The van der Waals surface area contributed by atoms with Crippen LogP contribution in [0.3, 0.4) is 0 Å². The number of nitrogen functional groups attached to an aromatic ring is 1. The van der Waals surface area contributed by atoms with Gasteiger partial charge >= 0.3 is 6.01 Å². The zero-order valence-electron chi connectivity index (χ0n) is 12.1. The standard InChI is InChI=1S/C13H17N5O3/c1-18(2)12-15-11(14)16-13(17-12)21-9-5-4-8(7-19)6-10(9)20-3/h4-6,19H,7H2,1-3H3,(H2,14,15,16,17). The molecule has 0 aliphatic carbocycles. The van der Waals surface area contributed by atoms with Gasteiger partial charge in [0.25, 0.3) is 0 Å². The van der Waals surface area contributed by atoms with E-state index in [1.165, 1.54) is 7.11 Å². The van der Waals surface area contributed by atoms with E-state index >= 15 is 0 Å². The van der Waals surface area contributed by atoms with Gasteiger partial charge in [0.05, 0.1) is 13.7 Å². The molecule has 0 amide bonds. The van der Waals surface area contributed by atoms with Gasteiger partial charge in [0.15, 0.2) is 11.5 Å². The Morgan fingerprint density at radius 2 is 1.95 bits per heavy atom. The SMILES string of the molecule is COc1cc(CO)ccc1Oc1nc(N)nc(N(C)C)n1. The third kappa shape index (κ3) is 3.48. The number of nitrogens with zero attached hydrogens (tertiary/aromatic N) is 4. The lowest BCUT2D eigenvalue weighted by Crippen LogP contribution is -2.15. The number of rotatable bonds is 5. The minimum atomic E-state index is -0.0832. The molecule has 0 aliphatic heterocycles. The van der Waals surface area contributed by atoms with Crippen LogP contribution in [0.15, 0.2) is 18.2 Å². The molecule has 0 saturated carbocycles. The number of hydrogen-bond donors (Lipinski definition) is 2. The topological polar surface area (TPSA) is 107 Å². The summed E-state index contributed by atoms with van der Waals surface area (Å²) in [5, 5.41) is 9.12. The zero-order valence-corrected chi connectivity index (χ0v) is 12.1. The van der Waals surface area contributed by atoms with Crippen molar-refractivity contribution in [3.05, 3.63) is 23.8 Å². The molecule has 8 nitrogen and oxygen atoms in total. The van der Waals surface area contributed by atoms with E-state index in [2.05, 4.69) is 15.0 Å². The number of hydrogen-bond acceptors (Lipinski definition) is 8. The fourth-order valence-electron chi connectivity index (χ4n) is 1.60. The van der Waals surface area contributed by atoms with Crippen LogP contribution in [-0.2, 0) is 6.61 Å². The average molecular weight is 291 g/mol. The first-order valence-corrected chi connectivity index (χ1v) is 6.18. The van der Waals surface area contributed by atoms with Gasteiger partial charge < -0.3 is 25.2 Å². The number of anilines is 2. The minimum Gasteiger partial charge on any atom is -0.493 e. The second-order valence-electron chi connectivity index (χ2n) is 4.42. The Bertz CT molecular complexity index is 633. The highest BCUT2D eigenvalue weighted by Gasteiger charge is 2.12. The number of aromatic nitrogens is 3. The smallest absolute Gasteiger partial charge is 0.328 e. The predicted octanol–water partition coefficient (Wildman–Crippen LogP) is 0.813. The van der Waals surface area contributed by atoms with E-state index in [9.17, 15) is 0 Å². The summed E-state index contributed by atoms with van der Waals surface area (Å²) in [6.45, 7) is -0.0832. The van der Waals surface area contributed by atoms with Gasteiger partial charge in [-0.2, -0.15) is 15.0 Å². The highest BCUT2D eigenvalue weighted by Crippen LogP contribution is 2.31. The Morgan fingerprint density at radius 3 is 2.57 bits per heavy atom. The van der Waals surface area contributed by atoms with E-state index in [4.69, 9.17) is 20.3 Å². The molecule has 2 rings (SSSR count). The van der Waals surface area contributed by atoms with Gasteiger partial charge in [-0.3, -0.25) is 0 Å². The third-order valence-electron chi connectivity index (χ3n) is 2.63. The fraction of sp³-hybridized carbons (Fsp3) is 0.308. The summed E-state index contributed by atoms with van der Waals surface area (Å²) < 4.78 is 10.8. The van der Waals surface area contributed by atoms with E-state index in [1.54, 1.807) is 37.2 Å². The molecule has 0 fully saturated rings. The quantitative estimate of drug-likeness (QED) is 0.833. The third-order valence-corrected chi connectivity index (χ3v) is 2.63. The van der Waals surface area contributed by atoms with Crippen LogP contribution in [0.1, 0.15) is 5.56 Å². The first kappa shape index (κ1) is 14.8. The maximum atomic E-state index is 9.12. The van der Waals surface area contributed by atoms with Crippen molar-refractivity contribution >= 4 is 11.9 Å². The van der Waals surface area contributed by atoms with Gasteiger partial charge in [-0.05, 0) is 17.7 Å². The minimum absolute atomic E-state index is 0.0645. The molecule has 0 saturated heterocycles. The lowest BCUT2D eigenvalue weighted by atomic mass is 10.2. The molecule has 2 aromatic rings. The number of nitrogens with two attached hydrogens (primary N) is 1. The largest absolute Gasteiger partial charge is 0.493 e. The molecule has 1 aromatic heterocycles. The van der Waals surface area contributed by atoms with Crippen LogP contribution >= 0.6 is 0 Å². The summed E-state index contributed by atoms with van der Waals surface area (Å²) in [5.74, 6) is 1.34. The highest BCUT2D eigenvalue weighted by molar-refractivity contribution is 5.44. The van der Waals surface area contributed by atoms with Crippen LogP contribution < -0.4 is 20.1 Å². The van der Waals surface area contributed by atoms with Crippen molar-refractivity contribution in [2.75, 3.05) is 31.8 Å². The number of benzene rings is 1. The van der Waals surface area contributed by atoms with E-state index in [-0.39, 0.29) is 18.6 Å². The van der Waals surface area contributed by atoms with Gasteiger partial charge in [-0.1, -0.05) is 6.07 Å². The number of aliphatic hydroxyl groups excluding tert-OH is 1. The summed E-state index contributed by atoms with van der Waals surface area (Å²) >= 11 is 0. The van der Waals surface area contributed by atoms with Crippen LogP contribution in [0.25, 0.3) is 0 Å². The predicted molar refractivity (Wildman–Crippen MR) is 77.6 cm³/mol. The molecule has 0 radical (unpaired) electrons. The number of ether oxygens (including phenoxy) is 2. The van der Waals surface area contributed by atoms with Crippen molar-refractivity contribution in [1.82, 2.24) is 15.0 Å². The summed E-state index contributed by atoms with van der Waals surface area (Å²) in [6, 6.07) is 5.13. The first-order valence-electron chi connectivity index (χ1n) is 6.18. The first-order chi connectivity index (χ1) is 10.0. The van der Waals surface area contributed by atoms with Crippen molar-refractivity contribution in [3.8, 4) is 17.5 Å². The molecule has 0 unspecified atom stereocenters. The second-order valence-corrected chi connectivity index (χ2v) is 4.42. The average Bonchev–Trinajstić information content (AvgIpc) is 2.47. The molecule has 0 bridgehead atoms. The Labute approximate surface area is 122 Å². The molecular formula is C13H17N5O3. The Hall–Kier alpha value is -2.61. The van der Waals surface area contributed by atoms with E-state index in [1.807, 2.05) is 0 Å². The molecule has 0 aliphatic rings. The molecule has 8 heteroatoms. The van der Waals surface area contributed by atoms with Crippen LogP contribution in [0.2, 0.25) is 0 Å². The maximum absolute atomic E-state index is 9.12. The number of aliphatic hydroxyl groups is 1. The van der Waals surface area contributed by atoms with Gasteiger partial charge in [-0.25, -0.2) is 0 Å². The lowest BCUT2D eigenvalue weighted by Gasteiger charge is -2.13. The monoisotopic (exact) mass is 291 g/mol. The fourth-order valence-corrected chi connectivity index (χ4v) is 1.60. The second kappa shape index (κ2) is 6.23. The summed E-state index contributed by atoms with van der Waals surface area (Å²) in [4.78, 5) is 13.7. The Morgan fingerprint density at radius 1 is 1.19 bits per heavy atom. The van der Waals surface area contributed by atoms with Gasteiger partial charge in [0, 0.05) is 14.1 Å². The molecular weight excluding hydrogens is 274 g/mol. The van der Waals surface area contributed by atoms with Crippen molar-refractivity contribution in [2.45, 2.75) is 6.61 Å². The molecule has 112 valence electrons. The maximum Gasteiger partial charge on any atom is 0.328 e.